The Bertz CT molecular complexity index is 718. The van der Waals surface area contributed by atoms with Crippen LogP contribution in [0.25, 0.3) is 5.69 Å². The minimum absolute atomic E-state index is 0.351. The summed E-state index contributed by atoms with van der Waals surface area (Å²) in [5.41, 5.74) is 9.46. The highest BCUT2D eigenvalue weighted by molar-refractivity contribution is 9.10. The molecule has 1 aromatic carbocycles. The van der Waals surface area contributed by atoms with Crippen LogP contribution < -0.4 is 16.6 Å². The molecule has 2 heterocycles. The van der Waals surface area contributed by atoms with Crippen LogP contribution >= 0.6 is 15.9 Å². The molecule has 0 unspecified atom stereocenters. The third-order valence-electron chi connectivity index (χ3n) is 3.35. The van der Waals surface area contributed by atoms with Crippen molar-refractivity contribution in [2.24, 2.45) is 11.6 Å². The van der Waals surface area contributed by atoms with Crippen molar-refractivity contribution in [1.82, 2.24) is 9.55 Å². The topological polar surface area (TPSA) is 73.1 Å². The van der Waals surface area contributed by atoms with Gasteiger partial charge in [-0.15, -0.1) is 0 Å². The highest BCUT2D eigenvalue weighted by Crippen LogP contribution is 2.34. The van der Waals surface area contributed by atoms with Crippen molar-refractivity contribution >= 4 is 21.6 Å². The molecule has 5 nitrogen and oxygen atoms in total. The Morgan fingerprint density at radius 1 is 1.40 bits per heavy atom. The molecule has 1 aliphatic rings. The van der Waals surface area contributed by atoms with E-state index in [1.807, 2.05) is 4.57 Å². The summed E-state index contributed by atoms with van der Waals surface area (Å²) in [5, 5.41) is 1.44. The van der Waals surface area contributed by atoms with Crippen LogP contribution in [0.15, 0.2) is 40.5 Å². The fourth-order valence-corrected chi connectivity index (χ4v) is 2.75. The maximum Gasteiger partial charge on any atom is 0.128 e. The Morgan fingerprint density at radius 2 is 2.15 bits per heavy atom. The number of rotatable bonds is 0. The van der Waals surface area contributed by atoms with E-state index in [0.29, 0.717) is 17.8 Å². The number of imidazole rings is 1. The van der Waals surface area contributed by atoms with E-state index in [0.717, 1.165) is 21.7 Å². The molecule has 0 fully saturated rings. The lowest BCUT2D eigenvalue weighted by Gasteiger charge is -2.22. The van der Waals surface area contributed by atoms with E-state index in [-0.39, 0.29) is 5.82 Å². The molecule has 0 saturated carbocycles. The van der Waals surface area contributed by atoms with E-state index in [1.165, 1.54) is 17.1 Å². The van der Waals surface area contributed by atoms with Gasteiger partial charge in [-0.3, -0.25) is 9.58 Å². The normalized spacial score (nSPS) is 16.5. The number of hydrogen-bond donors (Lipinski definition) is 2. The van der Waals surface area contributed by atoms with Gasteiger partial charge in [0, 0.05) is 18.2 Å². The third-order valence-corrected chi connectivity index (χ3v) is 4.02. The van der Waals surface area contributed by atoms with E-state index < -0.39 is 0 Å². The molecule has 0 radical (unpaired) electrons. The monoisotopic (exact) mass is 337 g/mol. The SMILES string of the molecule is C/C(N)=C1\Cc2c(Br)ncn2-c2ccc(F)cc2N1N. The van der Waals surface area contributed by atoms with Gasteiger partial charge in [-0.1, -0.05) is 0 Å². The van der Waals surface area contributed by atoms with E-state index in [2.05, 4.69) is 20.9 Å². The molecule has 1 aromatic heterocycles. The maximum absolute atomic E-state index is 13.5. The molecule has 3 rings (SSSR count). The first kappa shape index (κ1) is 13.1. The predicted molar refractivity (Wildman–Crippen MR) is 78.5 cm³/mol. The number of allylic oxidation sites excluding steroid dienone is 2. The molecule has 2 aromatic rings. The Morgan fingerprint density at radius 3 is 2.85 bits per heavy atom. The lowest BCUT2D eigenvalue weighted by Crippen LogP contribution is -2.32. The Balaban J connectivity index is 2.35. The van der Waals surface area contributed by atoms with Gasteiger partial charge in [-0.05, 0) is 35.0 Å². The molecular weight excluding hydrogens is 325 g/mol. The Labute approximate surface area is 123 Å². The first-order chi connectivity index (χ1) is 9.49. The summed E-state index contributed by atoms with van der Waals surface area (Å²) in [6.07, 6.45) is 2.19. The van der Waals surface area contributed by atoms with Gasteiger partial charge >= 0.3 is 0 Å². The molecule has 1 aliphatic heterocycles. The fraction of sp³-hybridized carbons (Fsp3) is 0.154. The van der Waals surface area contributed by atoms with Crippen molar-refractivity contribution in [2.75, 3.05) is 5.01 Å². The third kappa shape index (κ3) is 1.90. The van der Waals surface area contributed by atoms with E-state index in [1.54, 1.807) is 19.3 Å². The fourth-order valence-electron chi connectivity index (χ4n) is 2.33. The maximum atomic E-state index is 13.5. The van der Waals surface area contributed by atoms with Crippen molar-refractivity contribution in [2.45, 2.75) is 13.3 Å². The average Bonchev–Trinajstić information content (AvgIpc) is 2.70. The summed E-state index contributed by atoms with van der Waals surface area (Å²) < 4.78 is 16.2. The average molecular weight is 338 g/mol. The molecule has 0 aliphatic carbocycles. The van der Waals surface area contributed by atoms with Crippen LogP contribution in [-0.4, -0.2) is 9.55 Å². The highest BCUT2D eigenvalue weighted by atomic mass is 79.9. The van der Waals surface area contributed by atoms with Gasteiger partial charge in [0.05, 0.1) is 22.8 Å². The number of hydrazine groups is 1. The largest absolute Gasteiger partial charge is 0.401 e. The highest BCUT2D eigenvalue weighted by Gasteiger charge is 2.25. The van der Waals surface area contributed by atoms with Gasteiger partial charge in [0.15, 0.2) is 0 Å². The first-order valence-corrected chi connectivity index (χ1v) is 6.80. The minimum atomic E-state index is -0.351. The molecule has 104 valence electrons. The van der Waals surface area contributed by atoms with Gasteiger partial charge in [-0.2, -0.15) is 0 Å². The van der Waals surface area contributed by atoms with Gasteiger partial charge in [0.25, 0.3) is 0 Å². The van der Waals surface area contributed by atoms with Crippen molar-refractivity contribution < 1.29 is 4.39 Å². The number of nitrogens with two attached hydrogens (primary N) is 2. The number of fused-ring (bicyclic) bond motifs is 3. The van der Waals surface area contributed by atoms with Gasteiger partial charge in [0.2, 0.25) is 0 Å². The predicted octanol–water partition coefficient (Wildman–Crippen LogP) is 2.20. The quantitative estimate of drug-likeness (QED) is 0.723. The Kier molecular flexibility index (Phi) is 3.02. The molecule has 0 saturated heterocycles. The van der Waals surface area contributed by atoms with Crippen LogP contribution in [0.3, 0.4) is 0 Å². The van der Waals surface area contributed by atoms with Crippen LogP contribution in [-0.2, 0) is 6.42 Å². The number of halogens is 2. The van der Waals surface area contributed by atoms with E-state index >= 15 is 0 Å². The summed E-state index contributed by atoms with van der Waals surface area (Å²) in [7, 11) is 0. The lowest BCUT2D eigenvalue weighted by molar-refractivity contribution is 0.627. The van der Waals surface area contributed by atoms with Crippen molar-refractivity contribution in [3.05, 3.63) is 52.0 Å². The van der Waals surface area contributed by atoms with Crippen LogP contribution in [0, 0.1) is 5.82 Å². The summed E-state index contributed by atoms with van der Waals surface area (Å²) >= 11 is 3.42. The standard InChI is InChI=1S/C13H13BrFN5/c1-7(16)10-5-12-13(14)18-6-19(12)9-3-2-8(15)4-11(9)20(10)17/h2-4,6H,5,16-17H2,1H3/b10-7-. The zero-order valence-electron chi connectivity index (χ0n) is 10.8. The lowest BCUT2D eigenvalue weighted by atomic mass is 10.2. The second-order valence-corrected chi connectivity index (χ2v) is 5.41. The van der Waals surface area contributed by atoms with Gasteiger partial charge in [-0.25, -0.2) is 15.2 Å². The van der Waals surface area contributed by atoms with Gasteiger partial charge < -0.3 is 5.73 Å². The number of hydrogen-bond acceptors (Lipinski definition) is 4. The Hall–Kier alpha value is -1.86. The molecule has 0 atom stereocenters. The number of aromatic nitrogens is 2. The molecule has 4 N–H and O–H groups in total. The summed E-state index contributed by atoms with van der Waals surface area (Å²) in [5.74, 6) is 5.78. The van der Waals surface area contributed by atoms with Crippen LogP contribution in [0.4, 0.5) is 10.1 Å². The van der Waals surface area contributed by atoms with E-state index in [4.69, 9.17) is 11.6 Å². The van der Waals surface area contributed by atoms with Crippen LogP contribution in [0.5, 0.6) is 0 Å². The number of anilines is 1. The van der Waals surface area contributed by atoms with Crippen molar-refractivity contribution in [3.8, 4) is 5.69 Å². The van der Waals surface area contributed by atoms with Crippen molar-refractivity contribution in [3.63, 3.8) is 0 Å². The molecule has 7 heteroatoms. The summed E-state index contributed by atoms with van der Waals surface area (Å²) in [6.45, 7) is 1.77. The zero-order valence-corrected chi connectivity index (χ0v) is 12.4. The number of benzene rings is 1. The first-order valence-electron chi connectivity index (χ1n) is 6.00. The van der Waals surface area contributed by atoms with E-state index in [9.17, 15) is 4.39 Å². The van der Waals surface area contributed by atoms with Crippen LogP contribution in [0.2, 0.25) is 0 Å². The second kappa shape index (κ2) is 4.60. The molecule has 0 amide bonds. The molecule has 0 bridgehead atoms. The minimum Gasteiger partial charge on any atom is -0.401 e. The summed E-state index contributed by atoms with van der Waals surface area (Å²) in [4.78, 5) is 4.24. The van der Waals surface area contributed by atoms with Crippen LogP contribution in [0.1, 0.15) is 12.6 Å². The van der Waals surface area contributed by atoms with Crippen molar-refractivity contribution in [1.29, 1.82) is 0 Å². The second-order valence-electron chi connectivity index (χ2n) is 4.66. The smallest absolute Gasteiger partial charge is 0.128 e. The molecular formula is C13H13BrFN5. The molecule has 0 spiro atoms. The number of nitrogens with zero attached hydrogens (tertiary/aromatic N) is 3. The van der Waals surface area contributed by atoms with Gasteiger partial charge in [0.1, 0.15) is 16.7 Å². The zero-order chi connectivity index (χ0) is 14.4. The molecule has 20 heavy (non-hydrogen) atoms. The summed E-state index contributed by atoms with van der Waals surface area (Å²) in [6, 6.07) is 4.46.